The number of nitrogens with zero attached hydrogens (tertiary/aromatic N) is 1. The Morgan fingerprint density at radius 2 is 1.86 bits per heavy atom. The van der Waals surface area contributed by atoms with E-state index in [9.17, 15) is 13.2 Å². The number of carbonyl (C=O) groups excluding carboxylic acids is 1. The fourth-order valence-electron chi connectivity index (χ4n) is 2.41. The lowest BCUT2D eigenvalue weighted by molar-refractivity contribution is 0.153. The highest BCUT2D eigenvalue weighted by molar-refractivity contribution is 7.87. The lowest BCUT2D eigenvalue weighted by Gasteiger charge is -2.23. The first kappa shape index (κ1) is 21.7. The predicted octanol–water partition coefficient (Wildman–Crippen LogP) is 3.40. The highest BCUT2D eigenvalue weighted by Gasteiger charge is 2.15. The van der Waals surface area contributed by atoms with Crippen molar-refractivity contribution in [3.05, 3.63) is 59.7 Å². The predicted molar refractivity (Wildman–Crippen MR) is 109 cm³/mol. The highest BCUT2D eigenvalue weighted by atomic mass is 32.2. The fraction of sp³-hybridized carbons (Fsp3) is 0.350. The van der Waals surface area contributed by atoms with Crippen molar-refractivity contribution in [1.29, 1.82) is 0 Å². The molecule has 152 valence electrons. The molecule has 8 heteroatoms. The Morgan fingerprint density at radius 1 is 1.14 bits per heavy atom. The lowest BCUT2D eigenvalue weighted by atomic mass is 10.2. The van der Waals surface area contributed by atoms with E-state index in [4.69, 9.17) is 8.92 Å². The molecule has 0 aliphatic heterocycles. The average molecular weight is 407 g/mol. The summed E-state index contributed by atoms with van der Waals surface area (Å²) in [5.41, 5.74) is 2.55. The number of ether oxygens (including phenoxy) is 1. The number of hydrogen-bond donors (Lipinski definition) is 1. The van der Waals surface area contributed by atoms with Crippen LogP contribution < -0.4 is 9.50 Å². The minimum Gasteiger partial charge on any atom is -0.383 e. The van der Waals surface area contributed by atoms with Gasteiger partial charge in [-0.1, -0.05) is 29.8 Å². The maximum atomic E-state index is 12.7. The average Bonchev–Trinajstić information content (AvgIpc) is 2.67. The van der Waals surface area contributed by atoms with Crippen molar-refractivity contribution in [2.45, 2.75) is 20.4 Å². The van der Waals surface area contributed by atoms with Crippen molar-refractivity contribution in [2.24, 2.45) is 0 Å². The minimum absolute atomic E-state index is 0.115. The molecule has 28 heavy (non-hydrogen) atoms. The number of urea groups is 1. The van der Waals surface area contributed by atoms with E-state index in [2.05, 4.69) is 5.32 Å². The number of anilines is 1. The maximum absolute atomic E-state index is 12.7. The van der Waals surface area contributed by atoms with Crippen LogP contribution in [-0.2, 0) is 21.4 Å². The molecule has 0 saturated carbocycles. The van der Waals surface area contributed by atoms with Gasteiger partial charge < -0.3 is 19.1 Å². The standard InChI is InChI=1S/C20H26N2O5S/c1-4-28(24,25)27-19-7-5-6-17(14-19)15-22(12-13-26-3)20(23)21-18-10-8-16(2)9-11-18/h5-11,14H,4,12-13,15H2,1-3H3,(H,21,23). The number of amides is 2. The van der Waals surface area contributed by atoms with Gasteiger partial charge in [0.1, 0.15) is 5.75 Å². The van der Waals surface area contributed by atoms with Crippen LogP contribution >= 0.6 is 0 Å². The van der Waals surface area contributed by atoms with Crippen molar-refractivity contribution < 1.29 is 22.1 Å². The van der Waals surface area contributed by atoms with Gasteiger partial charge in [-0.3, -0.25) is 0 Å². The monoisotopic (exact) mass is 406 g/mol. The third-order valence-corrected chi connectivity index (χ3v) is 5.16. The summed E-state index contributed by atoms with van der Waals surface area (Å²) in [7, 11) is -2.04. The number of nitrogens with one attached hydrogen (secondary N) is 1. The fourth-order valence-corrected chi connectivity index (χ4v) is 2.93. The summed E-state index contributed by atoms with van der Waals surface area (Å²) in [5.74, 6) is 0.112. The lowest BCUT2D eigenvalue weighted by Crippen LogP contribution is -2.36. The summed E-state index contributed by atoms with van der Waals surface area (Å²) >= 11 is 0. The highest BCUT2D eigenvalue weighted by Crippen LogP contribution is 2.18. The number of carbonyl (C=O) groups is 1. The van der Waals surface area contributed by atoms with Crippen molar-refractivity contribution >= 4 is 21.8 Å². The molecule has 0 heterocycles. The van der Waals surface area contributed by atoms with Crippen LogP contribution in [0.1, 0.15) is 18.1 Å². The molecule has 1 N–H and O–H groups in total. The third-order valence-electron chi connectivity index (χ3n) is 4.00. The van der Waals surface area contributed by atoms with Crippen LogP contribution in [0.25, 0.3) is 0 Å². The SMILES string of the molecule is CCS(=O)(=O)Oc1cccc(CN(CCOC)C(=O)Nc2ccc(C)cc2)c1. The summed E-state index contributed by atoms with van der Waals surface area (Å²) in [6.45, 7) is 4.53. The van der Waals surface area contributed by atoms with E-state index in [1.165, 1.54) is 6.92 Å². The van der Waals surface area contributed by atoms with Gasteiger partial charge in [-0.25, -0.2) is 4.79 Å². The number of methoxy groups -OCH3 is 1. The molecular weight excluding hydrogens is 380 g/mol. The van der Waals surface area contributed by atoms with Crippen LogP contribution in [-0.4, -0.2) is 45.4 Å². The summed E-state index contributed by atoms with van der Waals surface area (Å²) in [6.07, 6.45) is 0. The Bertz CT molecular complexity index is 882. The smallest absolute Gasteiger partial charge is 0.322 e. The molecule has 0 saturated heterocycles. The minimum atomic E-state index is -3.61. The van der Waals surface area contributed by atoms with Gasteiger partial charge in [-0.05, 0) is 43.7 Å². The number of rotatable bonds is 9. The Hall–Kier alpha value is -2.58. The molecule has 2 aromatic rings. The first-order valence-corrected chi connectivity index (χ1v) is 10.5. The van der Waals surface area contributed by atoms with E-state index < -0.39 is 10.1 Å². The van der Waals surface area contributed by atoms with Crippen LogP contribution in [0.4, 0.5) is 10.5 Å². The Morgan fingerprint density at radius 3 is 2.50 bits per heavy atom. The first-order chi connectivity index (χ1) is 13.3. The van der Waals surface area contributed by atoms with E-state index in [-0.39, 0.29) is 24.1 Å². The Kier molecular flexibility index (Phi) is 7.83. The van der Waals surface area contributed by atoms with Gasteiger partial charge in [0, 0.05) is 25.9 Å². The van der Waals surface area contributed by atoms with Crippen LogP contribution in [0, 0.1) is 6.92 Å². The van der Waals surface area contributed by atoms with Gasteiger partial charge in [0.15, 0.2) is 0 Å². The Balaban J connectivity index is 2.12. The number of benzene rings is 2. The first-order valence-electron chi connectivity index (χ1n) is 8.95. The molecule has 0 fully saturated rings. The number of hydrogen-bond acceptors (Lipinski definition) is 5. The second kappa shape index (κ2) is 10.1. The van der Waals surface area contributed by atoms with Gasteiger partial charge in [0.2, 0.25) is 0 Å². The van der Waals surface area contributed by atoms with Crippen molar-refractivity contribution in [1.82, 2.24) is 4.90 Å². The van der Waals surface area contributed by atoms with Crippen molar-refractivity contribution in [2.75, 3.05) is 31.3 Å². The molecule has 0 bridgehead atoms. The zero-order valence-electron chi connectivity index (χ0n) is 16.3. The van der Waals surface area contributed by atoms with Gasteiger partial charge in [0.25, 0.3) is 0 Å². The summed E-state index contributed by atoms with van der Waals surface area (Å²) in [4.78, 5) is 14.3. The van der Waals surface area contributed by atoms with E-state index in [0.717, 1.165) is 11.1 Å². The molecular formula is C20H26N2O5S. The second-order valence-corrected chi connectivity index (χ2v) is 8.15. The van der Waals surface area contributed by atoms with E-state index in [1.54, 1.807) is 30.2 Å². The summed E-state index contributed by atoms with van der Waals surface area (Å²) in [6, 6.07) is 13.9. The zero-order valence-corrected chi connectivity index (χ0v) is 17.2. The van der Waals surface area contributed by atoms with E-state index in [1.807, 2.05) is 37.3 Å². The molecule has 2 amide bonds. The Labute approximate surface area is 166 Å². The molecule has 0 aromatic heterocycles. The largest absolute Gasteiger partial charge is 0.383 e. The molecule has 0 atom stereocenters. The zero-order chi connectivity index (χ0) is 20.6. The number of aryl methyl sites for hydroxylation is 1. The van der Waals surface area contributed by atoms with Gasteiger partial charge in [-0.2, -0.15) is 8.42 Å². The molecule has 7 nitrogen and oxygen atoms in total. The van der Waals surface area contributed by atoms with Crippen LogP contribution in [0.2, 0.25) is 0 Å². The van der Waals surface area contributed by atoms with E-state index >= 15 is 0 Å². The molecule has 0 aliphatic rings. The van der Waals surface area contributed by atoms with Crippen molar-refractivity contribution in [3.8, 4) is 5.75 Å². The van der Waals surface area contributed by atoms with E-state index in [0.29, 0.717) is 18.8 Å². The van der Waals surface area contributed by atoms with Gasteiger partial charge >= 0.3 is 16.1 Å². The molecule has 0 aliphatic carbocycles. The quantitative estimate of drug-likeness (QED) is 0.645. The molecule has 2 rings (SSSR count). The summed E-state index contributed by atoms with van der Waals surface area (Å²) < 4.78 is 33.5. The van der Waals surface area contributed by atoms with Crippen LogP contribution in [0.3, 0.4) is 0 Å². The molecule has 0 unspecified atom stereocenters. The normalized spacial score (nSPS) is 11.1. The van der Waals surface area contributed by atoms with Gasteiger partial charge in [-0.15, -0.1) is 0 Å². The molecule has 0 radical (unpaired) electrons. The topological polar surface area (TPSA) is 84.9 Å². The van der Waals surface area contributed by atoms with Crippen molar-refractivity contribution in [3.63, 3.8) is 0 Å². The van der Waals surface area contributed by atoms with Crippen LogP contribution in [0.15, 0.2) is 48.5 Å². The molecule has 0 spiro atoms. The maximum Gasteiger partial charge on any atom is 0.322 e. The van der Waals surface area contributed by atoms with Crippen LogP contribution in [0.5, 0.6) is 5.75 Å². The van der Waals surface area contributed by atoms with Gasteiger partial charge in [0.05, 0.1) is 12.4 Å². The second-order valence-electron chi connectivity index (χ2n) is 6.29. The molecule has 2 aromatic carbocycles. The third kappa shape index (κ3) is 6.86. The summed E-state index contributed by atoms with van der Waals surface area (Å²) in [5, 5.41) is 2.86.